The van der Waals surface area contributed by atoms with Gasteiger partial charge in [-0.05, 0) is 35.9 Å². The first kappa shape index (κ1) is 22.4. The van der Waals surface area contributed by atoms with E-state index in [1.807, 2.05) is 24.3 Å². The Kier molecular flexibility index (Phi) is 6.56. The third-order valence-corrected chi connectivity index (χ3v) is 7.30. The van der Waals surface area contributed by atoms with Crippen LogP contribution in [-0.2, 0) is 23.1 Å². The van der Waals surface area contributed by atoms with Gasteiger partial charge in [0.1, 0.15) is 0 Å². The molecule has 4 rings (SSSR count). The molecular formula is C22H27N5O4S. The molecule has 3 aromatic rings. The average Bonchev–Trinajstić information content (AvgIpc) is 2.78. The Labute approximate surface area is 186 Å². The molecule has 0 saturated carbocycles. The zero-order chi connectivity index (χ0) is 22.7. The molecule has 0 unspecified atom stereocenters. The van der Waals surface area contributed by atoms with Gasteiger partial charge in [0.15, 0.2) is 0 Å². The molecule has 1 aromatic heterocycles. The van der Waals surface area contributed by atoms with Gasteiger partial charge in [-0.25, -0.2) is 17.9 Å². The minimum atomic E-state index is -3.85. The van der Waals surface area contributed by atoms with E-state index in [2.05, 4.69) is 31.4 Å². The van der Waals surface area contributed by atoms with E-state index in [-0.39, 0.29) is 22.3 Å². The summed E-state index contributed by atoms with van der Waals surface area (Å²) in [6.07, 6.45) is 0. The van der Waals surface area contributed by atoms with Crippen LogP contribution in [0.2, 0.25) is 0 Å². The lowest BCUT2D eigenvalue weighted by molar-refractivity contribution is 0.131. The van der Waals surface area contributed by atoms with Crippen LogP contribution in [0.25, 0.3) is 10.9 Å². The van der Waals surface area contributed by atoms with Gasteiger partial charge in [0, 0.05) is 39.3 Å². The Hall–Kier alpha value is -2.79. The highest BCUT2D eigenvalue weighted by Crippen LogP contribution is 2.17. The van der Waals surface area contributed by atoms with Gasteiger partial charge in [-0.2, -0.15) is 0 Å². The summed E-state index contributed by atoms with van der Waals surface area (Å²) in [5.41, 5.74) is 1.02. The summed E-state index contributed by atoms with van der Waals surface area (Å²) in [5, 5.41) is 0.110. The highest BCUT2D eigenvalue weighted by Gasteiger charge is 2.19. The molecule has 170 valence electrons. The fourth-order valence-electron chi connectivity index (χ4n) is 3.96. The first-order chi connectivity index (χ1) is 15.4. The summed E-state index contributed by atoms with van der Waals surface area (Å²) in [5.74, 6) is 0. The van der Waals surface area contributed by atoms with Crippen LogP contribution in [0, 0.1) is 0 Å². The predicted octanol–water partition coefficient (Wildman–Crippen LogP) is 0.832. The van der Waals surface area contributed by atoms with Gasteiger partial charge in [-0.15, -0.1) is 0 Å². The summed E-state index contributed by atoms with van der Waals surface area (Å²) >= 11 is 0. The molecular weight excluding hydrogens is 430 g/mol. The van der Waals surface area contributed by atoms with Crippen molar-refractivity contribution in [2.24, 2.45) is 0 Å². The smallest absolute Gasteiger partial charge is 0.307 e. The lowest BCUT2D eigenvalue weighted by Gasteiger charge is -2.34. The quantitative estimate of drug-likeness (QED) is 0.484. The fourth-order valence-corrected chi connectivity index (χ4v) is 4.99. The molecule has 1 fully saturated rings. The molecule has 1 aliphatic heterocycles. The van der Waals surface area contributed by atoms with E-state index in [9.17, 15) is 18.0 Å². The van der Waals surface area contributed by atoms with Crippen LogP contribution < -0.4 is 16.0 Å². The number of nitrogens with one attached hydrogen (secondary N) is 3. The molecule has 0 aliphatic carbocycles. The van der Waals surface area contributed by atoms with Crippen molar-refractivity contribution in [3.63, 3.8) is 0 Å². The normalized spacial score (nSPS) is 15.9. The number of fused-ring (bicyclic) bond motifs is 1. The molecule has 32 heavy (non-hydrogen) atoms. The Morgan fingerprint density at radius 2 is 1.62 bits per heavy atom. The summed E-state index contributed by atoms with van der Waals surface area (Å²) in [4.78, 5) is 32.8. The molecule has 0 atom stereocenters. The Morgan fingerprint density at radius 3 is 2.34 bits per heavy atom. The second-order valence-corrected chi connectivity index (χ2v) is 9.69. The molecule has 2 aromatic carbocycles. The lowest BCUT2D eigenvalue weighted by Crippen LogP contribution is -2.45. The molecule has 9 nitrogen and oxygen atoms in total. The molecule has 2 heterocycles. The van der Waals surface area contributed by atoms with Crippen molar-refractivity contribution >= 4 is 20.9 Å². The minimum Gasteiger partial charge on any atom is -0.307 e. The van der Waals surface area contributed by atoms with Crippen LogP contribution in [0.3, 0.4) is 0 Å². The van der Waals surface area contributed by atoms with Crippen molar-refractivity contribution in [1.82, 2.24) is 24.5 Å². The lowest BCUT2D eigenvalue weighted by atomic mass is 10.1. The van der Waals surface area contributed by atoms with Gasteiger partial charge < -0.3 is 9.88 Å². The largest absolute Gasteiger partial charge is 0.326 e. The molecule has 0 amide bonds. The monoisotopic (exact) mass is 457 g/mol. The fraction of sp³-hybridized carbons (Fsp3) is 0.364. The van der Waals surface area contributed by atoms with Crippen molar-refractivity contribution in [2.45, 2.75) is 24.9 Å². The van der Waals surface area contributed by atoms with Crippen LogP contribution in [0.4, 0.5) is 0 Å². The maximum atomic E-state index is 12.9. The molecule has 0 radical (unpaired) electrons. The Morgan fingerprint density at radius 1 is 0.938 bits per heavy atom. The predicted molar refractivity (Wildman–Crippen MR) is 123 cm³/mol. The zero-order valence-electron chi connectivity index (χ0n) is 17.9. The first-order valence-corrected chi connectivity index (χ1v) is 12.1. The molecule has 1 saturated heterocycles. The molecule has 3 N–H and O–H groups in total. The summed E-state index contributed by atoms with van der Waals surface area (Å²) in [6.45, 7) is 8.20. The van der Waals surface area contributed by atoms with E-state index in [1.165, 1.54) is 18.2 Å². The van der Waals surface area contributed by atoms with E-state index in [0.717, 1.165) is 50.4 Å². The third-order valence-electron chi connectivity index (χ3n) is 5.90. The van der Waals surface area contributed by atoms with Crippen molar-refractivity contribution in [2.75, 3.05) is 32.7 Å². The van der Waals surface area contributed by atoms with Crippen LogP contribution in [0.15, 0.2) is 56.9 Å². The van der Waals surface area contributed by atoms with Gasteiger partial charge in [-0.1, -0.05) is 31.2 Å². The van der Waals surface area contributed by atoms with Gasteiger partial charge in [0.05, 0.1) is 15.8 Å². The number of rotatable bonds is 7. The highest BCUT2D eigenvalue weighted by atomic mass is 32.2. The number of hydrogen-bond donors (Lipinski definition) is 3. The van der Waals surface area contributed by atoms with E-state index >= 15 is 0 Å². The van der Waals surface area contributed by atoms with Gasteiger partial charge in [0.2, 0.25) is 10.0 Å². The summed E-state index contributed by atoms with van der Waals surface area (Å²) < 4.78 is 28.4. The Balaban J connectivity index is 1.49. The Bertz CT molecular complexity index is 1320. The average molecular weight is 458 g/mol. The van der Waals surface area contributed by atoms with Crippen LogP contribution >= 0.6 is 0 Å². The second-order valence-electron chi connectivity index (χ2n) is 7.92. The molecule has 0 spiro atoms. The molecule has 1 aliphatic rings. The second kappa shape index (κ2) is 9.37. The van der Waals surface area contributed by atoms with E-state index in [0.29, 0.717) is 0 Å². The van der Waals surface area contributed by atoms with E-state index in [4.69, 9.17) is 0 Å². The number of aromatic nitrogens is 2. The maximum Gasteiger partial charge on any atom is 0.326 e. The number of nitrogens with zero attached hydrogens (tertiary/aromatic N) is 2. The first-order valence-electron chi connectivity index (χ1n) is 10.6. The number of sulfonamides is 1. The van der Waals surface area contributed by atoms with Crippen molar-refractivity contribution in [3.8, 4) is 0 Å². The van der Waals surface area contributed by atoms with Crippen LogP contribution in [0.1, 0.15) is 18.1 Å². The zero-order valence-corrected chi connectivity index (χ0v) is 18.7. The number of likely N-dealkylation sites (N-methyl/N-ethyl adjacent to an activating group) is 1. The number of piperazine rings is 1. The van der Waals surface area contributed by atoms with E-state index in [1.54, 1.807) is 0 Å². The van der Waals surface area contributed by atoms with Gasteiger partial charge in [0.25, 0.3) is 5.56 Å². The third kappa shape index (κ3) is 4.99. The van der Waals surface area contributed by atoms with Crippen molar-refractivity contribution in [1.29, 1.82) is 0 Å². The van der Waals surface area contributed by atoms with Crippen LogP contribution in [-0.4, -0.2) is 60.9 Å². The van der Waals surface area contributed by atoms with Crippen molar-refractivity contribution < 1.29 is 8.42 Å². The summed E-state index contributed by atoms with van der Waals surface area (Å²) in [6, 6.07) is 11.9. The van der Waals surface area contributed by atoms with Crippen LogP contribution in [0.5, 0.6) is 0 Å². The number of H-pyrrole nitrogens is 2. The number of aromatic amines is 2. The number of hydrogen-bond acceptors (Lipinski definition) is 6. The maximum absolute atomic E-state index is 12.9. The topological polar surface area (TPSA) is 118 Å². The number of benzene rings is 2. The van der Waals surface area contributed by atoms with Crippen molar-refractivity contribution in [3.05, 3.63) is 74.4 Å². The van der Waals surface area contributed by atoms with Gasteiger partial charge in [-0.3, -0.25) is 14.7 Å². The molecule has 10 heteroatoms. The molecule has 0 bridgehead atoms. The van der Waals surface area contributed by atoms with E-state index < -0.39 is 21.3 Å². The highest BCUT2D eigenvalue weighted by molar-refractivity contribution is 7.89. The summed E-state index contributed by atoms with van der Waals surface area (Å²) in [7, 11) is -3.85. The van der Waals surface area contributed by atoms with Gasteiger partial charge >= 0.3 is 5.69 Å². The standard InChI is InChI=1S/C22H27N5O4S/c1-2-26-9-11-27(12-10-26)15-17-6-4-3-5-16(17)14-23-32(30,31)18-7-8-20-19(13-18)21(28)25-22(29)24-20/h3-8,13,23H,2,9-12,14-15H2,1H3,(H2,24,25,28,29). The minimum absolute atomic E-state index is 0.0317. The SMILES string of the molecule is CCN1CCN(Cc2ccccc2CNS(=O)(=O)c2ccc3[nH]c(=O)[nH]c(=O)c3c2)CC1.